The number of hydrogen-bond acceptors (Lipinski definition) is 0. The molecule has 0 atom stereocenters. The van der Waals surface area contributed by atoms with Gasteiger partial charge < -0.3 is 8.47 Å². The molecule has 3 heterocycles. The maximum Gasteiger partial charge on any atom is 0.340 e. The average molecular weight is 565 g/mol. The summed E-state index contributed by atoms with van der Waals surface area (Å²) in [6.07, 6.45) is 0. The van der Waals surface area contributed by atoms with Crippen LogP contribution in [-0.2, 0) is 0 Å². The number of para-hydroxylation sites is 2. The first kappa shape index (κ1) is 24.2. The Balaban J connectivity index is 1.46. The largest absolute Gasteiger partial charge is 0.341 e. The van der Waals surface area contributed by atoms with Crippen molar-refractivity contribution in [2.75, 3.05) is 0 Å². The Morgan fingerprint density at radius 2 is 0.721 bits per heavy atom. The molecule has 1 aliphatic heterocycles. The molecule has 202 valence electrons. The summed E-state index contributed by atoms with van der Waals surface area (Å²) < 4.78 is 5.44. The lowest BCUT2D eigenvalue weighted by molar-refractivity contribution is 1.20. The van der Waals surface area contributed by atoms with Gasteiger partial charge in [0, 0.05) is 11.0 Å². The van der Waals surface area contributed by atoms with Crippen molar-refractivity contribution in [2.45, 2.75) is 0 Å². The average Bonchev–Trinajstić information content (AvgIpc) is 3.74. The lowest BCUT2D eigenvalue weighted by Crippen LogP contribution is -2.67. The monoisotopic (exact) mass is 564 g/mol. The van der Waals surface area contributed by atoms with Crippen LogP contribution in [0.4, 0.5) is 0 Å². The summed E-state index contributed by atoms with van der Waals surface area (Å²) >= 11 is 0. The molecule has 43 heavy (non-hydrogen) atoms. The maximum absolute atomic E-state index is 2.95. The second-order valence-corrected chi connectivity index (χ2v) is 14.8. The molecular weight excluding hydrogens is 537 g/mol. The number of hydrogen-bond donors (Lipinski definition) is 0. The molecule has 0 saturated heterocycles. The van der Waals surface area contributed by atoms with Crippen LogP contribution in [0.2, 0.25) is 0 Å². The van der Waals surface area contributed by atoms with Crippen LogP contribution in [0, 0.1) is 0 Å². The molecule has 0 bridgehead atoms. The summed E-state index contributed by atoms with van der Waals surface area (Å²) in [5, 5.41) is 5.29. The first-order valence-corrected chi connectivity index (χ1v) is 16.8. The van der Waals surface area contributed by atoms with Crippen LogP contribution >= 0.6 is 0 Å². The summed E-state index contributed by atoms with van der Waals surface area (Å²) in [6.45, 7) is 0. The molecule has 0 spiro atoms. The van der Waals surface area contributed by atoms with E-state index in [1.807, 2.05) is 0 Å². The molecule has 0 N–H and O–H groups in total. The van der Waals surface area contributed by atoms with Gasteiger partial charge in [-0.2, -0.15) is 0 Å². The number of fused-ring (bicyclic) bond motifs is 7. The third-order valence-corrected chi connectivity index (χ3v) is 13.6. The minimum atomic E-state index is -2.95. The van der Waals surface area contributed by atoms with Crippen molar-refractivity contribution in [3.05, 3.63) is 170 Å². The molecule has 3 heteroatoms. The lowest BCUT2D eigenvalue weighted by atomic mass is 10.1. The highest BCUT2D eigenvalue weighted by Gasteiger charge is 2.51. The molecule has 0 unspecified atom stereocenters. The SMILES string of the molecule is c1ccc(-c2cccc([Si]3(c4cccc(-c5ccccc5)c4)n4c(cc5ccccc54)-c4cc5ccccc5n43)c2)cc1. The van der Waals surface area contributed by atoms with Gasteiger partial charge in [0.2, 0.25) is 0 Å². The minimum absolute atomic E-state index is 1.24. The zero-order chi connectivity index (χ0) is 28.4. The molecule has 8 aromatic rings. The fourth-order valence-electron chi connectivity index (χ4n) is 7.26. The predicted octanol–water partition coefficient (Wildman–Crippen LogP) is 8.56. The molecule has 2 aromatic heterocycles. The third kappa shape index (κ3) is 3.46. The summed E-state index contributed by atoms with van der Waals surface area (Å²) in [4.78, 5) is 0. The number of benzene rings is 6. The summed E-state index contributed by atoms with van der Waals surface area (Å²) in [5.74, 6) is 0. The Morgan fingerprint density at radius 1 is 0.326 bits per heavy atom. The van der Waals surface area contributed by atoms with Crippen molar-refractivity contribution in [2.24, 2.45) is 0 Å². The van der Waals surface area contributed by atoms with Crippen molar-refractivity contribution < 1.29 is 0 Å². The van der Waals surface area contributed by atoms with Gasteiger partial charge in [-0.05, 0) is 67.7 Å². The molecule has 6 aromatic carbocycles. The van der Waals surface area contributed by atoms with Crippen LogP contribution in [0.1, 0.15) is 0 Å². The standard InChI is InChI=1S/C40H28N2Si/c1-3-13-29(14-4-1)31-19-11-21-35(25-31)43(36-22-12-20-32(26-36)30-15-5-2-6-16-30)41-37-23-9-7-17-33(37)27-39(41)40-28-34-18-8-10-24-38(34)42(40)43/h1-28H. The Bertz CT molecular complexity index is 2130. The highest BCUT2D eigenvalue weighted by Crippen LogP contribution is 2.43. The molecule has 9 rings (SSSR count). The molecule has 0 fully saturated rings. The molecular formula is C40H28N2Si. The van der Waals surface area contributed by atoms with E-state index in [1.165, 1.54) is 65.8 Å². The van der Waals surface area contributed by atoms with Gasteiger partial charge >= 0.3 is 8.40 Å². The third-order valence-electron chi connectivity index (χ3n) is 9.08. The van der Waals surface area contributed by atoms with E-state index in [9.17, 15) is 0 Å². The van der Waals surface area contributed by atoms with Crippen molar-refractivity contribution >= 4 is 40.6 Å². The Labute approximate surface area is 251 Å². The molecule has 0 saturated carbocycles. The van der Waals surface area contributed by atoms with Gasteiger partial charge in [0.05, 0.1) is 11.4 Å². The van der Waals surface area contributed by atoms with Gasteiger partial charge in [-0.3, -0.25) is 0 Å². The molecule has 0 radical (unpaired) electrons. The van der Waals surface area contributed by atoms with Crippen molar-refractivity contribution in [1.82, 2.24) is 8.47 Å². The van der Waals surface area contributed by atoms with E-state index in [0.29, 0.717) is 0 Å². The van der Waals surface area contributed by atoms with Gasteiger partial charge in [0.25, 0.3) is 0 Å². The zero-order valence-corrected chi connectivity index (χ0v) is 24.6. The van der Waals surface area contributed by atoms with Crippen LogP contribution in [0.15, 0.2) is 170 Å². The smallest absolute Gasteiger partial charge is 0.340 e. The Hall–Kier alpha value is -5.38. The van der Waals surface area contributed by atoms with Gasteiger partial charge in [0.1, 0.15) is 0 Å². The van der Waals surface area contributed by atoms with Crippen molar-refractivity contribution in [1.29, 1.82) is 0 Å². The van der Waals surface area contributed by atoms with Gasteiger partial charge in [-0.1, -0.05) is 146 Å². The second kappa shape index (κ2) is 9.31. The summed E-state index contributed by atoms with van der Waals surface area (Å²) in [5.41, 5.74) is 10.1. The molecule has 1 aliphatic rings. The van der Waals surface area contributed by atoms with Crippen molar-refractivity contribution in [3.63, 3.8) is 0 Å². The van der Waals surface area contributed by atoms with Crippen molar-refractivity contribution in [3.8, 4) is 33.6 Å². The predicted molar refractivity (Wildman–Crippen MR) is 182 cm³/mol. The van der Waals surface area contributed by atoms with E-state index in [0.717, 1.165) is 0 Å². The van der Waals surface area contributed by atoms with E-state index in [1.54, 1.807) is 0 Å². The molecule has 0 amide bonds. The number of nitrogens with zero attached hydrogens (tertiary/aromatic N) is 2. The van der Waals surface area contributed by atoms with Crippen LogP contribution in [0.3, 0.4) is 0 Å². The quantitative estimate of drug-likeness (QED) is 0.190. The normalized spacial score (nSPS) is 13.3. The zero-order valence-electron chi connectivity index (χ0n) is 23.6. The summed E-state index contributed by atoms with van der Waals surface area (Å²) in [7, 11) is -2.95. The lowest BCUT2D eigenvalue weighted by Gasteiger charge is -2.34. The van der Waals surface area contributed by atoms with Gasteiger partial charge in [-0.15, -0.1) is 0 Å². The fourth-order valence-corrected chi connectivity index (χ4v) is 12.4. The second-order valence-electron chi connectivity index (χ2n) is 11.4. The molecule has 2 nitrogen and oxygen atoms in total. The fraction of sp³-hybridized carbons (Fsp3) is 0. The van der Waals surface area contributed by atoms with E-state index in [4.69, 9.17) is 0 Å². The van der Waals surface area contributed by atoms with E-state index in [-0.39, 0.29) is 0 Å². The van der Waals surface area contributed by atoms with E-state index < -0.39 is 8.40 Å². The number of aromatic nitrogens is 2. The van der Waals surface area contributed by atoms with E-state index >= 15 is 0 Å². The van der Waals surface area contributed by atoms with Gasteiger partial charge in [0.15, 0.2) is 0 Å². The van der Waals surface area contributed by atoms with Crippen LogP contribution in [0.25, 0.3) is 55.4 Å². The molecule has 0 aliphatic carbocycles. The first-order chi connectivity index (χ1) is 21.3. The highest BCUT2D eigenvalue weighted by atomic mass is 28.3. The topological polar surface area (TPSA) is 9.86 Å². The van der Waals surface area contributed by atoms with E-state index in [2.05, 4.69) is 178 Å². The highest BCUT2D eigenvalue weighted by molar-refractivity contribution is 7.02. The van der Waals surface area contributed by atoms with Gasteiger partial charge in [-0.25, -0.2) is 0 Å². The Kier molecular flexibility index (Phi) is 5.25. The van der Waals surface area contributed by atoms with Crippen LogP contribution in [0.5, 0.6) is 0 Å². The minimum Gasteiger partial charge on any atom is -0.341 e. The first-order valence-electron chi connectivity index (χ1n) is 14.9. The summed E-state index contributed by atoms with van der Waals surface area (Å²) in [6, 6.07) is 62.8. The Morgan fingerprint density at radius 3 is 1.19 bits per heavy atom. The maximum atomic E-state index is 2.72. The van der Waals surface area contributed by atoms with Crippen LogP contribution < -0.4 is 10.4 Å². The number of rotatable bonds is 4. The van der Waals surface area contributed by atoms with Crippen LogP contribution in [-0.4, -0.2) is 16.9 Å².